The van der Waals surface area contributed by atoms with Crippen molar-refractivity contribution in [2.75, 3.05) is 19.0 Å². The molecule has 2 aromatic carbocycles. The number of para-hydroxylation sites is 1. The van der Waals surface area contributed by atoms with E-state index in [-0.39, 0.29) is 12.5 Å². The first-order valence-corrected chi connectivity index (χ1v) is 8.95. The third-order valence-electron chi connectivity index (χ3n) is 3.76. The number of anilines is 1. The van der Waals surface area contributed by atoms with Crippen molar-refractivity contribution in [1.29, 1.82) is 5.26 Å². The molecule has 136 valence electrons. The lowest BCUT2D eigenvalue weighted by molar-refractivity contribution is -0.111. The van der Waals surface area contributed by atoms with Crippen molar-refractivity contribution in [3.63, 3.8) is 0 Å². The van der Waals surface area contributed by atoms with Crippen LogP contribution in [0.5, 0.6) is 11.5 Å². The molecule has 0 radical (unpaired) electrons. The first kappa shape index (κ1) is 18.4. The van der Waals surface area contributed by atoms with E-state index >= 15 is 0 Å². The maximum atomic E-state index is 12.2. The highest BCUT2D eigenvalue weighted by Gasteiger charge is 2.08. The second kappa shape index (κ2) is 8.34. The number of nitriles is 1. The Hall–Kier alpha value is -3.37. The number of hydrogen-bond donors (Lipinski definition) is 1. The Kier molecular flexibility index (Phi) is 5.69. The number of nitrogens with zero attached hydrogens (tertiary/aromatic N) is 2. The van der Waals surface area contributed by atoms with Crippen LogP contribution >= 0.6 is 11.3 Å². The molecule has 0 fully saturated rings. The molecule has 0 aliphatic rings. The quantitative estimate of drug-likeness (QED) is 0.650. The number of nitrogens with one attached hydrogen (secondary N) is 1. The van der Waals surface area contributed by atoms with E-state index in [2.05, 4.69) is 10.3 Å². The fourth-order valence-corrected chi connectivity index (χ4v) is 3.42. The van der Waals surface area contributed by atoms with Gasteiger partial charge >= 0.3 is 0 Å². The third-order valence-corrected chi connectivity index (χ3v) is 4.69. The molecule has 0 unspecified atom stereocenters. The number of carbonyl (C=O) groups is 1. The molecule has 0 aliphatic heterocycles. The summed E-state index contributed by atoms with van der Waals surface area (Å²) in [7, 11) is 1.52. The molecule has 3 rings (SSSR count). The highest BCUT2D eigenvalue weighted by atomic mass is 32.1. The molecule has 1 amide bonds. The number of fused-ring (bicyclic) bond motifs is 1. The summed E-state index contributed by atoms with van der Waals surface area (Å²) in [6.07, 6.45) is 3.11. The summed E-state index contributed by atoms with van der Waals surface area (Å²) in [4.78, 5) is 16.7. The number of benzene rings is 2. The van der Waals surface area contributed by atoms with Gasteiger partial charge in [-0.25, -0.2) is 4.98 Å². The van der Waals surface area contributed by atoms with Gasteiger partial charge in [0.05, 0.1) is 17.3 Å². The average molecular weight is 379 g/mol. The first-order chi connectivity index (χ1) is 13.1. The standard InChI is InChI=1S/C20H17N3O3S/c1-13-4-3-5-17-19(13)23-20(27-17)22-18(24)9-7-14-6-8-15(26-11-10-21)16(12-14)25-2/h3-9,12H,11H2,1-2H3,(H,22,23,24). The lowest BCUT2D eigenvalue weighted by atomic mass is 10.2. The van der Waals surface area contributed by atoms with Crippen LogP contribution in [0.2, 0.25) is 0 Å². The largest absolute Gasteiger partial charge is 0.493 e. The number of amides is 1. The number of aromatic nitrogens is 1. The molecule has 0 atom stereocenters. The van der Waals surface area contributed by atoms with Crippen LogP contribution in [0.25, 0.3) is 16.3 Å². The molecule has 0 saturated heterocycles. The van der Waals surface area contributed by atoms with E-state index in [1.165, 1.54) is 24.5 Å². The predicted octanol–water partition coefficient (Wildman–Crippen LogP) is 4.17. The van der Waals surface area contributed by atoms with E-state index in [1.54, 1.807) is 24.3 Å². The highest BCUT2D eigenvalue weighted by Crippen LogP contribution is 2.29. The fraction of sp³-hybridized carbons (Fsp3) is 0.150. The Bertz CT molecular complexity index is 1050. The molecule has 0 aliphatic carbocycles. The summed E-state index contributed by atoms with van der Waals surface area (Å²) in [6, 6.07) is 13.1. The van der Waals surface area contributed by atoms with Crippen molar-refractivity contribution in [2.45, 2.75) is 6.92 Å². The van der Waals surface area contributed by atoms with E-state index in [0.29, 0.717) is 16.6 Å². The Morgan fingerprint density at radius 3 is 2.93 bits per heavy atom. The molecule has 0 bridgehead atoms. The maximum absolute atomic E-state index is 12.2. The molecule has 3 aromatic rings. The number of carbonyl (C=O) groups excluding carboxylic acids is 1. The number of hydrogen-bond acceptors (Lipinski definition) is 6. The van der Waals surface area contributed by atoms with Gasteiger partial charge < -0.3 is 9.47 Å². The van der Waals surface area contributed by atoms with Crippen molar-refractivity contribution in [2.24, 2.45) is 0 Å². The van der Waals surface area contributed by atoms with Gasteiger partial charge in [-0.1, -0.05) is 29.5 Å². The van der Waals surface area contributed by atoms with Crippen LogP contribution < -0.4 is 14.8 Å². The van der Waals surface area contributed by atoms with Crippen molar-refractivity contribution in [3.8, 4) is 17.6 Å². The second-order valence-corrected chi connectivity index (χ2v) is 6.65. The predicted molar refractivity (Wildman–Crippen MR) is 106 cm³/mol. The lowest BCUT2D eigenvalue weighted by Gasteiger charge is -2.08. The average Bonchev–Trinajstić information content (AvgIpc) is 3.08. The molecule has 27 heavy (non-hydrogen) atoms. The van der Waals surface area contributed by atoms with Gasteiger partial charge in [-0.15, -0.1) is 0 Å². The monoisotopic (exact) mass is 379 g/mol. The van der Waals surface area contributed by atoms with Gasteiger partial charge in [0, 0.05) is 6.08 Å². The topological polar surface area (TPSA) is 84.2 Å². The Labute approximate surface area is 160 Å². The normalized spacial score (nSPS) is 10.7. The summed E-state index contributed by atoms with van der Waals surface area (Å²) in [5.74, 6) is 0.704. The van der Waals surface area contributed by atoms with Crippen molar-refractivity contribution in [3.05, 3.63) is 53.6 Å². The fourth-order valence-electron chi connectivity index (χ4n) is 2.48. The Balaban J connectivity index is 1.70. The van der Waals surface area contributed by atoms with Crippen LogP contribution in [0, 0.1) is 18.3 Å². The van der Waals surface area contributed by atoms with Crippen LogP contribution in [0.3, 0.4) is 0 Å². The van der Waals surface area contributed by atoms with Gasteiger partial charge in [0.25, 0.3) is 0 Å². The van der Waals surface area contributed by atoms with Gasteiger partial charge in [0.1, 0.15) is 6.07 Å². The SMILES string of the molecule is COc1cc(C=CC(=O)Nc2nc3c(C)cccc3s2)ccc1OCC#N. The van der Waals surface area contributed by atoms with Crippen molar-refractivity contribution in [1.82, 2.24) is 4.98 Å². The molecular formula is C20H17N3O3S. The smallest absolute Gasteiger partial charge is 0.250 e. The van der Waals surface area contributed by atoms with E-state index in [1.807, 2.05) is 31.2 Å². The van der Waals surface area contributed by atoms with E-state index in [4.69, 9.17) is 14.7 Å². The minimum atomic E-state index is -0.268. The summed E-state index contributed by atoms with van der Waals surface area (Å²) in [5.41, 5.74) is 2.75. The molecular weight excluding hydrogens is 362 g/mol. The van der Waals surface area contributed by atoms with Gasteiger partial charge in [0.15, 0.2) is 23.2 Å². The van der Waals surface area contributed by atoms with Crippen LogP contribution in [0.15, 0.2) is 42.5 Å². The molecule has 0 spiro atoms. The van der Waals surface area contributed by atoms with Gasteiger partial charge in [0.2, 0.25) is 5.91 Å². The van der Waals surface area contributed by atoms with Crippen molar-refractivity contribution < 1.29 is 14.3 Å². The number of methoxy groups -OCH3 is 1. The molecule has 0 saturated carbocycles. The summed E-state index contributed by atoms with van der Waals surface area (Å²) in [5, 5.41) is 11.9. The highest BCUT2D eigenvalue weighted by molar-refractivity contribution is 7.22. The minimum Gasteiger partial charge on any atom is -0.493 e. The van der Waals surface area contributed by atoms with Gasteiger partial charge in [-0.3, -0.25) is 10.1 Å². The molecule has 6 nitrogen and oxygen atoms in total. The van der Waals surface area contributed by atoms with E-state index in [9.17, 15) is 4.79 Å². The number of ether oxygens (including phenoxy) is 2. The zero-order valence-corrected chi connectivity index (χ0v) is 15.7. The molecule has 7 heteroatoms. The second-order valence-electron chi connectivity index (χ2n) is 5.62. The van der Waals surface area contributed by atoms with Crippen LogP contribution in [-0.2, 0) is 4.79 Å². The van der Waals surface area contributed by atoms with Crippen LogP contribution in [0.1, 0.15) is 11.1 Å². The first-order valence-electron chi connectivity index (χ1n) is 8.13. The number of rotatable bonds is 6. The number of thiazole rings is 1. The Morgan fingerprint density at radius 1 is 1.33 bits per heavy atom. The Morgan fingerprint density at radius 2 is 2.19 bits per heavy atom. The van der Waals surface area contributed by atoms with E-state index < -0.39 is 0 Å². The van der Waals surface area contributed by atoms with Crippen molar-refractivity contribution >= 4 is 38.7 Å². The van der Waals surface area contributed by atoms with Crippen LogP contribution in [0.4, 0.5) is 5.13 Å². The van der Waals surface area contributed by atoms with E-state index in [0.717, 1.165) is 21.3 Å². The third kappa shape index (κ3) is 4.43. The maximum Gasteiger partial charge on any atom is 0.250 e. The summed E-state index contributed by atoms with van der Waals surface area (Å²) >= 11 is 1.44. The van der Waals surface area contributed by atoms with Gasteiger partial charge in [-0.05, 0) is 42.3 Å². The number of aryl methyl sites for hydroxylation is 1. The zero-order valence-electron chi connectivity index (χ0n) is 14.9. The summed E-state index contributed by atoms with van der Waals surface area (Å²) in [6.45, 7) is 1.93. The minimum absolute atomic E-state index is 0.0599. The molecule has 1 N–H and O–H groups in total. The van der Waals surface area contributed by atoms with Crippen LogP contribution in [-0.4, -0.2) is 24.6 Å². The molecule has 1 heterocycles. The van der Waals surface area contributed by atoms with Gasteiger partial charge in [-0.2, -0.15) is 5.26 Å². The molecule has 1 aromatic heterocycles. The lowest BCUT2D eigenvalue weighted by Crippen LogP contribution is -2.07. The summed E-state index contributed by atoms with van der Waals surface area (Å²) < 4.78 is 11.6. The zero-order chi connectivity index (χ0) is 19.2.